The summed E-state index contributed by atoms with van der Waals surface area (Å²) in [4.78, 5) is 29.8. The molecule has 1 aromatic heterocycles. The lowest BCUT2D eigenvalue weighted by atomic mass is 9.99. The molecule has 8 nitrogen and oxygen atoms in total. The number of rotatable bonds is 5. The number of ether oxygens (including phenoxy) is 1. The van der Waals surface area contributed by atoms with Crippen LogP contribution < -0.4 is 4.80 Å². The number of thiazole rings is 1. The van der Waals surface area contributed by atoms with Gasteiger partial charge in [0.05, 0.1) is 28.1 Å². The van der Waals surface area contributed by atoms with Crippen molar-refractivity contribution in [2.24, 2.45) is 10.9 Å². The molecule has 0 spiro atoms. The van der Waals surface area contributed by atoms with Crippen LogP contribution in [0.4, 0.5) is 0 Å². The lowest BCUT2D eigenvalue weighted by Gasteiger charge is -2.30. The van der Waals surface area contributed by atoms with Crippen LogP contribution in [-0.4, -0.2) is 49.4 Å². The van der Waals surface area contributed by atoms with Crippen molar-refractivity contribution >= 4 is 66.7 Å². The Balaban J connectivity index is 1.64. The van der Waals surface area contributed by atoms with Gasteiger partial charge in [-0.25, -0.2) is 8.42 Å². The molecular weight excluding hydrogens is 521 g/mol. The summed E-state index contributed by atoms with van der Waals surface area (Å²) in [6.45, 7) is 0.228. The second-order valence-electron chi connectivity index (χ2n) is 7.77. The van der Waals surface area contributed by atoms with Crippen molar-refractivity contribution in [2.45, 2.75) is 24.3 Å². The summed E-state index contributed by atoms with van der Waals surface area (Å²) in [6.07, 6.45) is 1.05. The van der Waals surface area contributed by atoms with E-state index in [4.69, 9.17) is 27.9 Å². The number of sulfonamides is 1. The van der Waals surface area contributed by atoms with Gasteiger partial charge in [-0.1, -0.05) is 34.5 Å². The molecule has 1 aliphatic heterocycles. The Morgan fingerprint density at radius 1 is 1.15 bits per heavy atom. The summed E-state index contributed by atoms with van der Waals surface area (Å²) in [5.41, 5.74) is 0.696. The van der Waals surface area contributed by atoms with E-state index in [0.29, 0.717) is 39.7 Å². The molecule has 1 amide bonds. The lowest BCUT2D eigenvalue weighted by Crippen LogP contribution is -2.42. The quantitative estimate of drug-likeness (QED) is 0.458. The molecule has 1 aliphatic rings. The minimum absolute atomic E-state index is 0.0288. The van der Waals surface area contributed by atoms with Gasteiger partial charge in [-0.3, -0.25) is 9.59 Å². The number of hydrogen-bond acceptors (Lipinski definition) is 6. The number of nitrogens with zero attached hydrogens (tertiary/aromatic N) is 3. The number of piperidine rings is 1. The maximum Gasteiger partial charge on any atom is 0.325 e. The Hall–Kier alpha value is -2.24. The van der Waals surface area contributed by atoms with Crippen LogP contribution >= 0.6 is 34.5 Å². The first-order valence-electron chi connectivity index (χ1n) is 10.4. The highest BCUT2D eigenvalue weighted by atomic mass is 35.5. The number of esters is 1. The molecule has 2 heterocycles. The van der Waals surface area contributed by atoms with Crippen molar-refractivity contribution in [2.75, 3.05) is 20.2 Å². The van der Waals surface area contributed by atoms with E-state index in [-0.39, 0.29) is 18.0 Å². The van der Waals surface area contributed by atoms with Crippen LogP contribution in [0.3, 0.4) is 0 Å². The van der Waals surface area contributed by atoms with Gasteiger partial charge in [-0.05, 0) is 55.3 Å². The molecule has 0 aliphatic carbocycles. The van der Waals surface area contributed by atoms with Gasteiger partial charge in [0.25, 0.3) is 5.91 Å². The Kier molecular flexibility index (Phi) is 7.44. The molecule has 34 heavy (non-hydrogen) atoms. The molecule has 2 aromatic carbocycles. The van der Waals surface area contributed by atoms with Crippen molar-refractivity contribution in [3.63, 3.8) is 0 Å². The molecule has 0 N–H and O–H groups in total. The van der Waals surface area contributed by atoms with Crippen molar-refractivity contribution in [3.05, 3.63) is 57.3 Å². The van der Waals surface area contributed by atoms with Crippen molar-refractivity contribution in [3.8, 4) is 0 Å². The summed E-state index contributed by atoms with van der Waals surface area (Å²) in [5, 5.41) is 0.960. The third-order valence-electron chi connectivity index (χ3n) is 5.55. The molecule has 180 valence electrons. The van der Waals surface area contributed by atoms with Gasteiger partial charge in [0.1, 0.15) is 6.54 Å². The molecular formula is C22H21Cl2N3O5S2. The van der Waals surface area contributed by atoms with Gasteiger partial charge in [-0.15, -0.1) is 0 Å². The Labute approximate surface area is 210 Å². The van der Waals surface area contributed by atoms with Gasteiger partial charge in [0.15, 0.2) is 4.80 Å². The molecule has 1 saturated heterocycles. The van der Waals surface area contributed by atoms with E-state index in [0.717, 1.165) is 4.70 Å². The summed E-state index contributed by atoms with van der Waals surface area (Å²) in [7, 11) is -2.48. The second kappa shape index (κ2) is 10.2. The monoisotopic (exact) mass is 541 g/mol. The molecule has 1 unspecified atom stereocenters. The van der Waals surface area contributed by atoms with E-state index >= 15 is 0 Å². The highest BCUT2D eigenvalue weighted by Gasteiger charge is 2.33. The van der Waals surface area contributed by atoms with Gasteiger partial charge in [0.2, 0.25) is 10.0 Å². The molecule has 3 aromatic rings. The number of methoxy groups -OCH3 is 1. The van der Waals surface area contributed by atoms with Crippen LogP contribution in [0.1, 0.15) is 12.8 Å². The Morgan fingerprint density at radius 3 is 2.56 bits per heavy atom. The minimum Gasteiger partial charge on any atom is -0.468 e. The molecule has 1 atom stereocenters. The molecule has 12 heteroatoms. The van der Waals surface area contributed by atoms with Gasteiger partial charge in [0, 0.05) is 23.1 Å². The predicted molar refractivity (Wildman–Crippen MR) is 130 cm³/mol. The van der Waals surface area contributed by atoms with Crippen LogP contribution in [0.2, 0.25) is 10.0 Å². The smallest absolute Gasteiger partial charge is 0.325 e. The fourth-order valence-electron chi connectivity index (χ4n) is 3.78. The van der Waals surface area contributed by atoms with Crippen LogP contribution in [0, 0.1) is 5.92 Å². The second-order valence-corrected chi connectivity index (χ2v) is 11.6. The summed E-state index contributed by atoms with van der Waals surface area (Å²) in [5.74, 6) is -1.52. The fourth-order valence-corrected chi connectivity index (χ4v) is 6.74. The number of carbonyl (C=O) groups is 2. The molecule has 4 rings (SSSR count). The van der Waals surface area contributed by atoms with Gasteiger partial charge >= 0.3 is 5.97 Å². The first-order chi connectivity index (χ1) is 16.2. The number of carbonyl (C=O) groups excluding carboxylic acids is 2. The third kappa shape index (κ3) is 5.21. The number of benzene rings is 2. The van der Waals surface area contributed by atoms with E-state index in [1.54, 1.807) is 22.8 Å². The summed E-state index contributed by atoms with van der Waals surface area (Å²) in [6, 6.07) is 11.1. The number of halogens is 2. The first-order valence-corrected chi connectivity index (χ1v) is 13.4. The van der Waals surface area contributed by atoms with E-state index < -0.39 is 27.8 Å². The van der Waals surface area contributed by atoms with Crippen molar-refractivity contribution < 1.29 is 22.7 Å². The van der Waals surface area contributed by atoms with Crippen molar-refractivity contribution in [1.29, 1.82) is 0 Å². The fraction of sp³-hybridized carbons (Fsp3) is 0.318. The van der Waals surface area contributed by atoms with Crippen LogP contribution in [0.5, 0.6) is 0 Å². The zero-order chi connectivity index (χ0) is 24.5. The first kappa shape index (κ1) is 24.9. The number of hydrogen-bond donors (Lipinski definition) is 0. The Morgan fingerprint density at radius 2 is 1.85 bits per heavy atom. The van der Waals surface area contributed by atoms with Gasteiger partial charge in [-0.2, -0.15) is 9.30 Å². The minimum atomic E-state index is -3.77. The number of aromatic nitrogens is 1. The van der Waals surface area contributed by atoms with E-state index in [1.807, 2.05) is 0 Å². The lowest BCUT2D eigenvalue weighted by molar-refractivity contribution is -0.141. The van der Waals surface area contributed by atoms with Gasteiger partial charge < -0.3 is 9.30 Å². The maximum absolute atomic E-state index is 13.1. The largest absolute Gasteiger partial charge is 0.468 e. The SMILES string of the molecule is COC(=O)Cn1c(=NC(=O)C2CCCN(S(=O)(=O)c3ccc(Cl)cc3)C2)sc2cc(Cl)ccc21. The van der Waals surface area contributed by atoms with Crippen LogP contribution in [0.15, 0.2) is 52.4 Å². The average Bonchev–Trinajstić information content (AvgIpc) is 3.14. The highest BCUT2D eigenvalue weighted by Crippen LogP contribution is 2.26. The Bertz CT molecular complexity index is 1410. The number of amides is 1. The third-order valence-corrected chi connectivity index (χ3v) is 8.96. The average molecular weight is 542 g/mol. The van der Waals surface area contributed by atoms with E-state index in [9.17, 15) is 18.0 Å². The molecule has 0 bridgehead atoms. The number of fused-ring (bicyclic) bond motifs is 1. The van der Waals surface area contributed by atoms with Crippen LogP contribution in [0.25, 0.3) is 10.2 Å². The standard InChI is InChI=1S/C22H21Cl2N3O5S2/c1-32-20(28)13-27-18-9-6-16(24)11-19(18)33-22(27)25-21(29)14-3-2-10-26(12-14)34(30,31)17-7-4-15(23)5-8-17/h4-9,11,14H,2-3,10,12-13H2,1H3. The molecule has 0 saturated carbocycles. The maximum atomic E-state index is 13.1. The normalized spacial score (nSPS) is 17.7. The zero-order valence-corrected chi connectivity index (χ0v) is 21.3. The molecule has 1 fully saturated rings. The zero-order valence-electron chi connectivity index (χ0n) is 18.1. The highest BCUT2D eigenvalue weighted by molar-refractivity contribution is 7.89. The summed E-state index contributed by atoms with van der Waals surface area (Å²) >= 11 is 13.2. The van der Waals surface area contributed by atoms with Crippen molar-refractivity contribution in [1.82, 2.24) is 8.87 Å². The van der Waals surface area contributed by atoms with E-state index in [2.05, 4.69) is 4.99 Å². The predicted octanol–water partition coefficient (Wildman–Crippen LogP) is 3.71. The topological polar surface area (TPSA) is 98.0 Å². The van der Waals surface area contributed by atoms with E-state index in [1.165, 1.54) is 47.0 Å². The van der Waals surface area contributed by atoms with Crippen LogP contribution in [-0.2, 0) is 30.9 Å². The molecule has 0 radical (unpaired) electrons. The summed E-state index contributed by atoms with van der Waals surface area (Å²) < 4.78 is 34.6.